The van der Waals surface area contributed by atoms with Crippen LogP contribution in [0.1, 0.15) is 5.56 Å². The Hall–Kier alpha value is -3.09. The predicted molar refractivity (Wildman–Crippen MR) is 82.0 cm³/mol. The van der Waals surface area contributed by atoms with Crippen LogP contribution in [0.2, 0.25) is 0 Å². The Morgan fingerprint density at radius 2 is 2.09 bits per heavy atom. The van der Waals surface area contributed by atoms with Gasteiger partial charge in [0.15, 0.2) is 0 Å². The van der Waals surface area contributed by atoms with E-state index in [0.717, 1.165) is 22.9 Å². The minimum absolute atomic E-state index is 0.0784. The highest BCUT2D eigenvalue weighted by molar-refractivity contribution is 6.01. The van der Waals surface area contributed by atoms with Crippen LogP contribution in [0.4, 0.5) is 10.2 Å². The summed E-state index contributed by atoms with van der Waals surface area (Å²) in [5, 5.41) is 7.18. The molecule has 0 aromatic carbocycles. The fourth-order valence-electron chi connectivity index (χ4n) is 2.76. The molecule has 4 heterocycles. The minimum Gasteiger partial charge on any atom is -0.310 e. The molecule has 0 fully saturated rings. The van der Waals surface area contributed by atoms with Crippen LogP contribution in [0.25, 0.3) is 22.5 Å². The summed E-state index contributed by atoms with van der Waals surface area (Å²) in [4.78, 5) is 20.0. The third-order valence-electron chi connectivity index (χ3n) is 3.74. The molecule has 0 radical (unpaired) electrons. The molecule has 23 heavy (non-hydrogen) atoms. The van der Waals surface area contributed by atoms with Crippen molar-refractivity contribution in [2.45, 2.75) is 6.42 Å². The largest absolute Gasteiger partial charge is 0.310 e. The molecule has 0 unspecified atom stereocenters. The number of hydrogen-bond acceptors (Lipinski definition) is 4. The van der Waals surface area contributed by atoms with E-state index in [9.17, 15) is 9.18 Å². The van der Waals surface area contributed by atoms with Crippen molar-refractivity contribution in [3.05, 3.63) is 48.2 Å². The summed E-state index contributed by atoms with van der Waals surface area (Å²) in [6, 6.07) is 4.79. The van der Waals surface area contributed by atoms with E-state index in [4.69, 9.17) is 0 Å². The van der Waals surface area contributed by atoms with Crippen molar-refractivity contribution in [3.8, 4) is 22.5 Å². The number of amides is 1. The van der Waals surface area contributed by atoms with Crippen LogP contribution < -0.4 is 5.32 Å². The molecule has 1 N–H and O–H groups in total. The Balaban J connectivity index is 1.90. The molecule has 0 saturated carbocycles. The molecule has 3 aromatic rings. The van der Waals surface area contributed by atoms with E-state index in [1.807, 2.05) is 12.3 Å². The monoisotopic (exact) mass is 309 g/mol. The lowest BCUT2D eigenvalue weighted by molar-refractivity contribution is -0.115. The number of rotatable bonds is 2. The average molecular weight is 309 g/mol. The lowest BCUT2D eigenvalue weighted by atomic mass is 9.99. The zero-order valence-electron chi connectivity index (χ0n) is 12.2. The fourth-order valence-corrected chi connectivity index (χ4v) is 2.76. The lowest BCUT2D eigenvalue weighted by Crippen LogP contribution is -2.04. The first kappa shape index (κ1) is 13.6. The lowest BCUT2D eigenvalue weighted by Gasteiger charge is -2.06. The second kappa shape index (κ2) is 4.98. The van der Waals surface area contributed by atoms with Gasteiger partial charge in [0, 0.05) is 30.6 Å². The number of carbonyl (C=O) groups is 1. The van der Waals surface area contributed by atoms with Crippen molar-refractivity contribution < 1.29 is 9.18 Å². The maximum absolute atomic E-state index is 13.1. The number of aromatic nitrogens is 4. The number of fused-ring (bicyclic) bond motifs is 1. The van der Waals surface area contributed by atoms with E-state index < -0.39 is 5.82 Å². The number of carbonyl (C=O) groups excluding carboxylic acids is 1. The van der Waals surface area contributed by atoms with Crippen molar-refractivity contribution in [1.29, 1.82) is 0 Å². The van der Waals surface area contributed by atoms with Crippen LogP contribution in [0.3, 0.4) is 0 Å². The Kier molecular flexibility index (Phi) is 2.94. The average Bonchev–Trinajstić information content (AvgIpc) is 3.09. The molecule has 6 nitrogen and oxygen atoms in total. The van der Waals surface area contributed by atoms with Crippen LogP contribution in [-0.4, -0.2) is 25.7 Å². The number of halogens is 1. The number of anilines is 1. The summed E-state index contributed by atoms with van der Waals surface area (Å²) >= 11 is 0. The molecule has 7 heteroatoms. The normalized spacial score (nSPS) is 13.0. The number of nitrogens with one attached hydrogen (secondary N) is 1. The van der Waals surface area contributed by atoms with Gasteiger partial charge in [0.2, 0.25) is 5.91 Å². The molecule has 0 bridgehead atoms. The van der Waals surface area contributed by atoms with Crippen molar-refractivity contribution in [3.63, 3.8) is 0 Å². The second-order valence-electron chi connectivity index (χ2n) is 5.34. The summed E-state index contributed by atoms with van der Waals surface area (Å²) in [5.74, 6) is 0.102. The maximum atomic E-state index is 13.1. The van der Waals surface area contributed by atoms with Crippen molar-refractivity contribution in [2.75, 3.05) is 5.32 Å². The standard InChI is InChI=1S/C16H12FN5O/c1-22-8-12(15(21-22)13-3-2-9(17)7-19-13)10-4-5-18-16-11(10)6-14(23)20-16/h2-5,7-8H,6H2,1H3,(H,18,20,23). The van der Waals surface area contributed by atoms with Crippen molar-refractivity contribution in [2.24, 2.45) is 7.05 Å². The first-order valence-corrected chi connectivity index (χ1v) is 7.05. The Morgan fingerprint density at radius 1 is 1.22 bits per heavy atom. The SMILES string of the molecule is Cn1cc(-c2ccnc3c2CC(=O)N3)c(-c2ccc(F)cn2)n1. The Labute approximate surface area is 131 Å². The Bertz CT molecular complexity index is 917. The molecule has 4 rings (SSSR count). The number of aryl methyl sites for hydroxylation is 1. The zero-order chi connectivity index (χ0) is 16.0. The Morgan fingerprint density at radius 3 is 2.87 bits per heavy atom. The van der Waals surface area contributed by atoms with Crippen LogP contribution >= 0.6 is 0 Å². The van der Waals surface area contributed by atoms with Gasteiger partial charge in [-0.25, -0.2) is 9.37 Å². The summed E-state index contributed by atoms with van der Waals surface area (Å²) in [6.45, 7) is 0. The van der Waals surface area contributed by atoms with Crippen molar-refractivity contribution >= 4 is 11.7 Å². The second-order valence-corrected chi connectivity index (χ2v) is 5.34. The number of hydrogen-bond donors (Lipinski definition) is 1. The highest BCUT2D eigenvalue weighted by Crippen LogP contribution is 2.36. The van der Waals surface area contributed by atoms with Gasteiger partial charge in [0.1, 0.15) is 17.3 Å². The third kappa shape index (κ3) is 2.26. The maximum Gasteiger partial charge on any atom is 0.230 e. The van der Waals surface area contributed by atoms with Gasteiger partial charge in [-0.3, -0.25) is 14.5 Å². The molecule has 1 aliphatic heterocycles. The predicted octanol–water partition coefficient (Wildman–Crippen LogP) is 2.18. The topological polar surface area (TPSA) is 72.7 Å². The van der Waals surface area contributed by atoms with Gasteiger partial charge in [0.25, 0.3) is 0 Å². The highest BCUT2D eigenvalue weighted by atomic mass is 19.1. The first-order valence-electron chi connectivity index (χ1n) is 7.05. The van der Waals surface area contributed by atoms with E-state index in [2.05, 4.69) is 20.4 Å². The molecule has 114 valence electrons. The van der Waals surface area contributed by atoms with E-state index in [-0.39, 0.29) is 12.3 Å². The van der Waals surface area contributed by atoms with Gasteiger partial charge < -0.3 is 5.32 Å². The fraction of sp³-hybridized carbons (Fsp3) is 0.125. The van der Waals surface area contributed by atoms with Crippen molar-refractivity contribution in [1.82, 2.24) is 19.7 Å². The summed E-state index contributed by atoms with van der Waals surface area (Å²) in [5.41, 5.74) is 3.77. The first-order chi connectivity index (χ1) is 11.1. The molecule has 0 aliphatic carbocycles. The van der Waals surface area contributed by atoms with E-state index in [1.54, 1.807) is 24.0 Å². The molecule has 0 saturated heterocycles. The summed E-state index contributed by atoms with van der Waals surface area (Å²) in [6.07, 6.45) is 4.95. The minimum atomic E-state index is -0.397. The smallest absolute Gasteiger partial charge is 0.230 e. The van der Waals surface area contributed by atoms with Gasteiger partial charge >= 0.3 is 0 Å². The van der Waals surface area contributed by atoms with E-state index >= 15 is 0 Å². The molecular formula is C16H12FN5O. The van der Waals surface area contributed by atoms with Crippen LogP contribution in [0, 0.1) is 5.82 Å². The molecule has 1 amide bonds. The number of pyridine rings is 2. The van der Waals surface area contributed by atoms with Crippen LogP contribution in [-0.2, 0) is 18.3 Å². The zero-order valence-corrected chi connectivity index (χ0v) is 12.2. The van der Waals surface area contributed by atoms with Gasteiger partial charge in [-0.05, 0) is 23.8 Å². The number of nitrogens with zero attached hydrogens (tertiary/aromatic N) is 4. The van der Waals surface area contributed by atoms with E-state index in [1.165, 1.54) is 6.07 Å². The van der Waals surface area contributed by atoms with Gasteiger partial charge in [-0.1, -0.05) is 0 Å². The van der Waals surface area contributed by atoms with Gasteiger partial charge in [0.05, 0.1) is 18.3 Å². The third-order valence-corrected chi connectivity index (χ3v) is 3.74. The molecule has 1 aliphatic rings. The summed E-state index contributed by atoms with van der Waals surface area (Å²) < 4.78 is 14.8. The summed E-state index contributed by atoms with van der Waals surface area (Å²) in [7, 11) is 1.81. The molecule has 0 atom stereocenters. The van der Waals surface area contributed by atoms with E-state index in [0.29, 0.717) is 17.2 Å². The quantitative estimate of drug-likeness (QED) is 0.787. The van der Waals surface area contributed by atoms with Crippen LogP contribution in [0.15, 0.2) is 36.8 Å². The molecule has 0 spiro atoms. The van der Waals surface area contributed by atoms with Gasteiger partial charge in [-0.15, -0.1) is 0 Å². The molecule has 3 aromatic heterocycles. The van der Waals surface area contributed by atoms with Crippen LogP contribution in [0.5, 0.6) is 0 Å². The van der Waals surface area contributed by atoms with Gasteiger partial charge in [-0.2, -0.15) is 5.10 Å². The molecular weight excluding hydrogens is 297 g/mol. The highest BCUT2D eigenvalue weighted by Gasteiger charge is 2.25.